The van der Waals surface area contributed by atoms with Gasteiger partial charge in [0.1, 0.15) is 0 Å². The van der Waals surface area contributed by atoms with E-state index < -0.39 is 12.2 Å². The lowest BCUT2D eigenvalue weighted by atomic mass is 10.0. The van der Waals surface area contributed by atoms with Gasteiger partial charge in [0, 0.05) is 4.90 Å². The minimum Gasteiger partial charge on any atom is -0.390 e. The molecule has 3 heteroatoms. The van der Waals surface area contributed by atoms with E-state index in [9.17, 15) is 10.2 Å². The van der Waals surface area contributed by atoms with E-state index in [-0.39, 0.29) is 0 Å². The minimum absolute atomic E-state index is 0.593. The summed E-state index contributed by atoms with van der Waals surface area (Å²) >= 11 is 1.87. The van der Waals surface area contributed by atoms with Gasteiger partial charge in [-0.1, -0.05) is 26.0 Å². The molecule has 18 heavy (non-hydrogen) atoms. The fourth-order valence-electron chi connectivity index (χ4n) is 1.75. The Balaban J connectivity index is 2.39. The first kappa shape index (κ1) is 15.5. The third-order valence-electron chi connectivity index (χ3n) is 2.99. The van der Waals surface area contributed by atoms with Gasteiger partial charge in [0.05, 0.1) is 12.2 Å². The van der Waals surface area contributed by atoms with Gasteiger partial charge in [-0.3, -0.25) is 0 Å². The van der Waals surface area contributed by atoms with Crippen LogP contribution in [0.2, 0.25) is 0 Å². The summed E-state index contributed by atoms with van der Waals surface area (Å²) in [4.78, 5) is 1.30. The zero-order valence-corrected chi connectivity index (χ0v) is 12.1. The summed E-state index contributed by atoms with van der Waals surface area (Å²) in [6.07, 6.45) is 2.03. The van der Waals surface area contributed by atoms with Gasteiger partial charge in [0.25, 0.3) is 0 Å². The Morgan fingerprint density at radius 3 is 2.28 bits per heavy atom. The first-order valence-electron chi connectivity index (χ1n) is 6.75. The Kier molecular flexibility index (Phi) is 7.40. The van der Waals surface area contributed by atoms with Crippen LogP contribution in [0.1, 0.15) is 38.7 Å². The highest BCUT2D eigenvalue weighted by Gasteiger charge is 2.13. The predicted molar refractivity (Wildman–Crippen MR) is 78.1 cm³/mol. The molecule has 0 bridgehead atoms. The van der Waals surface area contributed by atoms with Crippen LogP contribution in [0.25, 0.3) is 0 Å². The van der Waals surface area contributed by atoms with Crippen molar-refractivity contribution in [1.29, 1.82) is 0 Å². The van der Waals surface area contributed by atoms with Crippen LogP contribution >= 0.6 is 11.8 Å². The van der Waals surface area contributed by atoms with E-state index >= 15 is 0 Å². The Labute approximate surface area is 114 Å². The number of thioether (sulfide) groups is 1. The van der Waals surface area contributed by atoms with E-state index in [0.717, 1.165) is 12.2 Å². The molecule has 0 fully saturated rings. The highest BCUT2D eigenvalue weighted by atomic mass is 32.2. The quantitative estimate of drug-likeness (QED) is 0.711. The van der Waals surface area contributed by atoms with E-state index in [4.69, 9.17) is 0 Å². The molecule has 2 unspecified atom stereocenters. The molecular weight excluding hydrogens is 244 g/mol. The summed E-state index contributed by atoms with van der Waals surface area (Å²) in [7, 11) is 0. The van der Waals surface area contributed by atoms with E-state index in [1.54, 1.807) is 0 Å². The van der Waals surface area contributed by atoms with Crippen molar-refractivity contribution in [2.45, 2.75) is 56.6 Å². The van der Waals surface area contributed by atoms with Crippen molar-refractivity contribution in [2.24, 2.45) is 0 Å². The summed E-state index contributed by atoms with van der Waals surface area (Å²) in [5.41, 5.74) is 1.22. The molecule has 0 amide bonds. The van der Waals surface area contributed by atoms with Crippen LogP contribution in [-0.2, 0) is 6.42 Å². The number of benzene rings is 1. The molecule has 0 aliphatic carbocycles. The molecular formula is C15H24O2S. The van der Waals surface area contributed by atoms with Crippen LogP contribution in [0.3, 0.4) is 0 Å². The van der Waals surface area contributed by atoms with E-state index in [2.05, 4.69) is 31.2 Å². The molecule has 1 aromatic rings. The van der Waals surface area contributed by atoms with Crippen molar-refractivity contribution in [3.8, 4) is 0 Å². The standard InChI is InChI=1S/C15H24O2S/c1-3-11-18-13-8-5-12(6-9-13)7-10-15(17)14(16)4-2/h5-6,8-9,14-17H,3-4,7,10-11H2,1-2H3. The van der Waals surface area contributed by atoms with E-state index in [0.29, 0.717) is 12.8 Å². The van der Waals surface area contributed by atoms with Crippen LogP contribution in [0.15, 0.2) is 29.2 Å². The lowest BCUT2D eigenvalue weighted by Gasteiger charge is -2.15. The molecule has 0 heterocycles. The summed E-state index contributed by atoms with van der Waals surface area (Å²) in [6, 6.07) is 8.50. The first-order chi connectivity index (χ1) is 8.67. The van der Waals surface area contributed by atoms with E-state index in [1.807, 2.05) is 18.7 Å². The number of rotatable bonds is 8. The third kappa shape index (κ3) is 5.42. The zero-order chi connectivity index (χ0) is 13.4. The van der Waals surface area contributed by atoms with Crippen molar-refractivity contribution in [3.63, 3.8) is 0 Å². The topological polar surface area (TPSA) is 40.5 Å². The Hall–Kier alpha value is -0.510. The summed E-state index contributed by atoms with van der Waals surface area (Å²) in [5, 5.41) is 19.2. The van der Waals surface area contributed by atoms with E-state index in [1.165, 1.54) is 16.9 Å². The van der Waals surface area contributed by atoms with Crippen LogP contribution in [-0.4, -0.2) is 28.2 Å². The van der Waals surface area contributed by atoms with Crippen LogP contribution < -0.4 is 0 Å². The second-order valence-corrected chi connectivity index (χ2v) is 5.74. The third-order valence-corrected chi connectivity index (χ3v) is 4.21. The van der Waals surface area contributed by atoms with Crippen LogP contribution in [0.5, 0.6) is 0 Å². The number of aliphatic hydroxyl groups excluding tert-OH is 2. The molecule has 0 aliphatic rings. The predicted octanol–water partition coefficient (Wildman–Crippen LogP) is 3.25. The molecule has 0 saturated heterocycles. The van der Waals surface area contributed by atoms with Crippen LogP contribution in [0, 0.1) is 0 Å². The van der Waals surface area contributed by atoms with Crippen molar-refractivity contribution in [2.75, 3.05) is 5.75 Å². The van der Waals surface area contributed by atoms with Gasteiger partial charge in [0.15, 0.2) is 0 Å². The van der Waals surface area contributed by atoms with Crippen molar-refractivity contribution in [3.05, 3.63) is 29.8 Å². The lowest BCUT2D eigenvalue weighted by molar-refractivity contribution is 0.0130. The minimum atomic E-state index is -0.607. The number of hydrogen-bond donors (Lipinski definition) is 2. The number of aliphatic hydroxyl groups is 2. The van der Waals surface area contributed by atoms with Gasteiger partial charge >= 0.3 is 0 Å². The monoisotopic (exact) mass is 268 g/mol. The summed E-state index contributed by atoms with van der Waals surface area (Å²) in [5.74, 6) is 1.15. The highest BCUT2D eigenvalue weighted by molar-refractivity contribution is 7.99. The molecule has 0 radical (unpaired) electrons. The first-order valence-corrected chi connectivity index (χ1v) is 7.73. The fraction of sp³-hybridized carbons (Fsp3) is 0.600. The maximum absolute atomic E-state index is 9.70. The molecule has 0 spiro atoms. The second kappa shape index (κ2) is 8.57. The molecule has 0 aliphatic heterocycles. The van der Waals surface area contributed by atoms with Crippen molar-refractivity contribution >= 4 is 11.8 Å². The molecule has 2 N–H and O–H groups in total. The van der Waals surface area contributed by atoms with Gasteiger partial charge in [-0.15, -0.1) is 11.8 Å². The molecule has 2 nitrogen and oxygen atoms in total. The molecule has 2 atom stereocenters. The normalized spacial score (nSPS) is 14.4. The van der Waals surface area contributed by atoms with Gasteiger partial charge in [-0.05, 0) is 49.1 Å². The van der Waals surface area contributed by atoms with Crippen molar-refractivity contribution in [1.82, 2.24) is 0 Å². The maximum Gasteiger partial charge on any atom is 0.0802 e. The fourth-order valence-corrected chi connectivity index (χ4v) is 2.52. The van der Waals surface area contributed by atoms with Gasteiger partial charge in [0.2, 0.25) is 0 Å². The van der Waals surface area contributed by atoms with Crippen molar-refractivity contribution < 1.29 is 10.2 Å². The molecule has 0 aromatic heterocycles. The van der Waals surface area contributed by atoms with Gasteiger partial charge in [-0.25, -0.2) is 0 Å². The second-order valence-electron chi connectivity index (χ2n) is 4.57. The molecule has 102 valence electrons. The largest absolute Gasteiger partial charge is 0.390 e. The van der Waals surface area contributed by atoms with Gasteiger partial charge < -0.3 is 10.2 Å². The average molecular weight is 268 g/mol. The number of aryl methyl sites for hydroxylation is 1. The molecule has 0 saturated carbocycles. The highest BCUT2D eigenvalue weighted by Crippen LogP contribution is 2.20. The summed E-state index contributed by atoms with van der Waals surface area (Å²) < 4.78 is 0. The zero-order valence-electron chi connectivity index (χ0n) is 11.3. The Morgan fingerprint density at radius 1 is 1.06 bits per heavy atom. The smallest absolute Gasteiger partial charge is 0.0802 e. The Morgan fingerprint density at radius 2 is 1.72 bits per heavy atom. The average Bonchev–Trinajstić information content (AvgIpc) is 2.42. The SMILES string of the molecule is CCCSc1ccc(CCC(O)C(O)CC)cc1. The number of hydrogen-bond acceptors (Lipinski definition) is 3. The Bertz CT molecular complexity index is 324. The van der Waals surface area contributed by atoms with Gasteiger partial charge in [-0.2, -0.15) is 0 Å². The maximum atomic E-state index is 9.70. The molecule has 1 aromatic carbocycles. The molecule has 1 rings (SSSR count). The summed E-state index contributed by atoms with van der Waals surface area (Å²) in [6.45, 7) is 4.06. The lowest BCUT2D eigenvalue weighted by Crippen LogP contribution is -2.25. The van der Waals surface area contributed by atoms with Crippen LogP contribution in [0.4, 0.5) is 0 Å².